The van der Waals surface area contributed by atoms with Crippen molar-refractivity contribution in [1.82, 2.24) is 15.0 Å². The first-order valence-electron chi connectivity index (χ1n) is 5.69. The van der Waals surface area contributed by atoms with Crippen LogP contribution in [0.4, 0.5) is 8.78 Å². The summed E-state index contributed by atoms with van der Waals surface area (Å²) in [5, 5.41) is 7.67. The van der Waals surface area contributed by atoms with E-state index in [1.807, 2.05) is 0 Å². The smallest absolute Gasteiger partial charge is 0.152 e. The van der Waals surface area contributed by atoms with Crippen LogP contribution < -0.4 is 5.73 Å². The highest BCUT2D eigenvalue weighted by Gasteiger charge is 2.16. The average Bonchev–Trinajstić information content (AvgIpc) is 2.82. The maximum Gasteiger partial charge on any atom is 0.152 e. The summed E-state index contributed by atoms with van der Waals surface area (Å²) in [4.78, 5) is 0. The van der Waals surface area contributed by atoms with Gasteiger partial charge in [-0.15, -0.1) is 5.10 Å². The molecule has 0 saturated carbocycles. The van der Waals surface area contributed by atoms with Crippen molar-refractivity contribution >= 4 is 11.0 Å². The quantitative estimate of drug-likeness (QED) is 0.768. The molecule has 96 valence electrons. The third-order valence-electron chi connectivity index (χ3n) is 2.88. The van der Waals surface area contributed by atoms with Crippen LogP contribution >= 0.6 is 0 Å². The van der Waals surface area contributed by atoms with Crippen molar-refractivity contribution in [2.75, 3.05) is 0 Å². The third kappa shape index (κ3) is 1.86. The number of nitrogens with two attached hydrogens (primary N) is 1. The van der Waals surface area contributed by atoms with Crippen LogP contribution in [0.25, 0.3) is 16.7 Å². The molecule has 2 aromatic carbocycles. The Kier molecular flexibility index (Phi) is 2.72. The summed E-state index contributed by atoms with van der Waals surface area (Å²) >= 11 is 0. The van der Waals surface area contributed by atoms with Gasteiger partial charge in [-0.2, -0.15) is 0 Å². The molecule has 0 amide bonds. The molecule has 1 aromatic heterocycles. The number of rotatable bonds is 2. The second kappa shape index (κ2) is 4.40. The molecule has 0 radical (unpaired) electrons. The normalized spacial score (nSPS) is 11.1. The number of hydrogen-bond acceptors (Lipinski definition) is 3. The molecule has 0 spiro atoms. The van der Waals surface area contributed by atoms with Crippen LogP contribution in [-0.4, -0.2) is 15.0 Å². The zero-order valence-corrected chi connectivity index (χ0v) is 9.85. The minimum Gasteiger partial charge on any atom is -0.326 e. The summed E-state index contributed by atoms with van der Waals surface area (Å²) < 4.78 is 29.2. The van der Waals surface area contributed by atoms with Crippen molar-refractivity contribution in [2.24, 2.45) is 5.73 Å². The van der Waals surface area contributed by atoms with Crippen LogP contribution in [0.5, 0.6) is 0 Å². The Balaban J connectivity index is 2.27. The van der Waals surface area contributed by atoms with Gasteiger partial charge in [0.2, 0.25) is 0 Å². The van der Waals surface area contributed by atoms with Gasteiger partial charge in [0.05, 0.1) is 5.52 Å². The number of halogens is 2. The zero-order valence-electron chi connectivity index (χ0n) is 9.85. The van der Waals surface area contributed by atoms with E-state index in [4.69, 9.17) is 5.73 Å². The number of hydrogen-bond donors (Lipinski definition) is 1. The van der Waals surface area contributed by atoms with Gasteiger partial charge in [0.15, 0.2) is 11.6 Å². The SMILES string of the molecule is NCc1cc(F)c(-n2nnc3ccccc32)c(F)c1. The number of fused-ring (bicyclic) bond motifs is 1. The third-order valence-corrected chi connectivity index (χ3v) is 2.88. The van der Waals surface area contributed by atoms with E-state index in [0.717, 1.165) is 4.68 Å². The Hall–Kier alpha value is -2.34. The van der Waals surface area contributed by atoms with Crippen molar-refractivity contribution in [3.63, 3.8) is 0 Å². The summed E-state index contributed by atoms with van der Waals surface area (Å²) in [7, 11) is 0. The van der Waals surface area contributed by atoms with Crippen LogP contribution in [0.1, 0.15) is 5.56 Å². The number of aromatic nitrogens is 3. The summed E-state index contributed by atoms with van der Waals surface area (Å²) in [6.07, 6.45) is 0. The van der Waals surface area contributed by atoms with Crippen molar-refractivity contribution in [3.05, 3.63) is 53.6 Å². The first-order chi connectivity index (χ1) is 9.20. The topological polar surface area (TPSA) is 56.7 Å². The maximum absolute atomic E-state index is 14.0. The molecule has 0 aliphatic carbocycles. The van der Waals surface area contributed by atoms with Crippen LogP contribution in [0.3, 0.4) is 0 Å². The fourth-order valence-electron chi connectivity index (χ4n) is 1.97. The molecule has 4 nitrogen and oxygen atoms in total. The first kappa shape index (κ1) is 11.7. The molecule has 1 heterocycles. The molecule has 0 saturated heterocycles. The number of para-hydroxylation sites is 1. The number of nitrogens with zero attached hydrogens (tertiary/aromatic N) is 3. The van der Waals surface area contributed by atoms with Gasteiger partial charge in [-0.3, -0.25) is 0 Å². The van der Waals surface area contributed by atoms with Gasteiger partial charge in [0.1, 0.15) is 11.2 Å². The first-order valence-corrected chi connectivity index (χ1v) is 5.69. The van der Waals surface area contributed by atoms with Gasteiger partial charge in [0.25, 0.3) is 0 Å². The Bertz CT molecular complexity index is 728. The van der Waals surface area contributed by atoms with Gasteiger partial charge in [-0.25, -0.2) is 13.5 Å². The van der Waals surface area contributed by atoms with Crippen LogP contribution in [0.2, 0.25) is 0 Å². The van der Waals surface area contributed by atoms with E-state index in [-0.39, 0.29) is 12.2 Å². The lowest BCUT2D eigenvalue weighted by atomic mass is 10.2. The lowest BCUT2D eigenvalue weighted by Crippen LogP contribution is -2.06. The maximum atomic E-state index is 14.0. The summed E-state index contributed by atoms with van der Waals surface area (Å²) in [6, 6.07) is 9.37. The molecule has 2 N–H and O–H groups in total. The van der Waals surface area contributed by atoms with E-state index >= 15 is 0 Å². The van der Waals surface area contributed by atoms with Crippen LogP contribution in [0.15, 0.2) is 36.4 Å². The van der Waals surface area contributed by atoms with E-state index in [1.165, 1.54) is 12.1 Å². The molecule has 0 bridgehead atoms. The lowest BCUT2D eigenvalue weighted by molar-refractivity contribution is 0.556. The molecule has 6 heteroatoms. The van der Waals surface area contributed by atoms with Crippen molar-refractivity contribution in [2.45, 2.75) is 6.54 Å². The second-order valence-electron chi connectivity index (χ2n) is 4.10. The Morgan fingerprint density at radius 3 is 2.47 bits per heavy atom. The predicted octanol–water partition coefficient (Wildman–Crippen LogP) is 2.16. The van der Waals surface area contributed by atoms with Gasteiger partial charge < -0.3 is 5.73 Å². The predicted molar refractivity (Wildman–Crippen MR) is 66.7 cm³/mol. The summed E-state index contributed by atoms with van der Waals surface area (Å²) in [6.45, 7) is 0.0756. The fourth-order valence-corrected chi connectivity index (χ4v) is 1.97. The van der Waals surface area contributed by atoms with Crippen molar-refractivity contribution in [3.8, 4) is 5.69 Å². The Morgan fingerprint density at radius 1 is 1.11 bits per heavy atom. The highest BCUT2D eigenvalue weighted by molar-refractivity contribution is 5.76. The van der Waals surface area contributed by atoms with Crippen molar-refractivity contribution < 1.29 is 8.78 Å². The molecule has 3 rings (SSSR count). The fraction of sp³-hybridized carbons (Fsp3) is 0.0769. The van der Waals surface area contributed by atoms with E-state index in [0.29, 0.717) is 16.6 Å². The zero-order chi connectivity index (χ0) is 13.4. The lowest BCUT2D eigenvalue weighted by Gasteiger charge is -2.07. The standard InChI is InChI=1S/C13H10F2N4/c14-9-5-8(7-16)6-10(15)13(9)19-12-4-2-1-3-11(12)17-18-19/h1-6H,7,16H2. The molecule has 0 fully saturated rings. The van der Waals surface area contributed by atoms with E-state index in [1.54, 1.807) is 24.3 Å². The van der Waals surface area contributed by atoms with Gasteiger partial charge in [-0.05, 0) is 29.8 Å². The van der Waals surface area contributed by atoms with Crippen molar-refractivity contribution in [1.29, 1.82) is 0 Å². The summed E-state index contributed by atoms with van der Waals surface area (Å²) in [5.41, 5.74) is 6.64. The second-order valence-corrected chi connectivity index (χ2v) is 4.10. The monoisotopic (exact) mass is 260 g/mol. The van der Waals surface area contributed by atoms with Crippen LogP contribution in [-0.2, 0) is 6.54 Å². The van der Waals surface area contributed by atoms with E-state index < -0.39 is 11.6 Å². The highest BCUT2D eigenvalue weighted by Crippen LogP contribution is 2.22. The molecule has 0 atom stereocenters. The molecular formula is C13H10F2N4. The molecule has 0 aliphatic rings. The highest BCUT2D eigenvalue weighted by atomic mass is 19.1. The van der Waals surface area contributed by atoms with Crippen LogP contribution in [0, 0.1) is 11.6 Å². The number of benzene rings is 2. The van der Waals surface area contributed by atoms with E-state index in [9.17, 15) is 8.78 Å². The minimum absolute atomic E-state index is 0.0756. The van der Waals surface area contributed by atoms with Gasteiger partial charge >= 0.3 is 0 Å². The molecule has 19 heavy (non-hydrogen) atoms. The molecule has 3 aromatic rings. The van der Waals surface area contributed by atoms with Gasteiger partial charge in [-0.1, -0.05) is 17.3 Å². The van der Waals surface area contributed by atoms with E-state index in [2.05, 4.69) is 10.3 Å². The molecule has 0 aliphatic heterocycles. The minimum atomic E-state index is -0.712. The van der Waals surface area contributed by atoms with Gasteiger partial charge in [0, 0.05) is 6.54 Å². The molecular weight excluding hydrogens is 250 g/mol. The summed E-state index contributed by atoms with van der Waals surface area (Å²) in [5.74, 6) is -1.42. The Morgan fingerprint density at radius 2 is 1.79 bits per heavy atom. The average molecular weight is 260 g/mol. The Labute approximate surface area is 107 Å². The molecule has 0 unspecified atom stereocenters. The largest absolute Gasteiger partial charge is 0.326 e.